The van der Waals surface area contributed by atoms with Gasteiger partial charge in [0.05, 0.1) is 23.4 Å². The lowest BCUT2D eigenvalue weighted by Gasteiger charge is -2.35. The molecule has 1 aromatic carbocycles. The minimum atomic E-state index is -0.536. The van der Waals surface area contributed by atoms with E-state index in [-0.39, 0.29) is 24.2 Å². The largest absolute Gasteiger partial charge is 0.391 e. The summed E-state index contributed by atoms with van der Waals surface area (Å²) >= 11 is 0. The summed E-state index contributed by atoms with van der Waals surface area (Å²) < 4.78 is 14.2. The number of carbonyl (C=O) groups excluding carboxylic acids is 1. The number of nitrogens with one attached hydrogen (secondary N) is 2. The van der Waals surface area contributed by atoms with E-state index in [0.717, 1.165) is 19.3 Å². The lowest BCUT2D eigenvalue weighted by atomic mass is 10.0. The van der Waals surface area contributed by atoms with Gasteiger partial charge < -0.3 is 20.6 Å². The van der Waals surface area contributed by atoms with Gasteiger partial charge in [-0.1, -0.05) is 13.3 Å². The third-order valence-electron chi connectivity index (χ3n) is 4.29. The number of carbonyl (C=O) groups is 1. The molecule has 0 aromatic heterocycles. The summed E-state index contributed by atoms with van der Waals surface area (Å²) in [4.78, 5) is 13.8. The molecular formula is C18H25FN4O2. The number of anilines is 1. The van der Waals surface area contributed by atoms with E-state index in [0.29, 0.717) is 25.2 Å². The highest BCUT2D eigenvalue weighted by molar-refractivity contribution is 5.74. The minimum absolute atomic E-state index is 0.0906. The number of aliphatic hydroxyl groups is 1. The van der Waals surface area contributed by atoms with Crippen LogP contribution in [0.1, 0.15) is 38.2 Å². The highest BCUT2D eigenvalue weighted by Crippen LogP contribution is 2.24. The molecule has 3 N–H and O–H groups in total. The summed E-state index contributed by atoms with van der Waals surface area (Å²) in [5, 5.41) is 24.0. The Kier molecular flexibility index (Phi) is 7.02. The van der Waals surface area contributed by atoms with Crippen molar-refractivity contribution in [2.24, 2.45) is 0 Å². The fraction of sp³-hybridized carbons (Fsp3) is 0.556. The van der Waals surface area contributed by atoms with Crippen molar-refractivity contribution < 1.29 is 14.3 Å². The highest BCUT2D eigenvalue weighted by Gasteiger charge is 2.23. The predicted octanol–water partition coefficient (Wildman–Crippen LogP) is 2.13. The molecule has 0 radical (unpaired) electrons. The fourth-order valence-corrected chi connectivity index (χ4v) is 3.03. The Bertz CT molecular complexity index is 632. The van der Waals surface area contributed by atoms with Crippen LogP contribution in [0.5, 0.6) is 0 Å². The Morgan fingerprint density at radius 2 is 2.36 bits per heavy atom. The molecule has 1 aliphatic rings. The molecule has 2 atom stereocenters. The molecule has 0 bridgehead atoms. The van der Waals surface area contributed by atoms with Gasteiger partial charge in [-0.15, -0.1) is 0 Å². The van der Waals surface area contributed by atoms with E-state index in [1.165, 1.54) is 6.07 Å². The molecule has 1 saturated heterocycles. The molecule has 1 fully saturated rings. The van der Waals surface area contributed by atoms with Gasteiger partial charge in [0, 0.05) is 25.7 Å². The maximum Gasteiger partial charge on any atom is 0.315 e. The first-order valence-electron chi connectivity index (χ1n) is 8.70. The molecule has 2 rings (SSSR count). The Morgan fingerprint density at radius 1 is 1.56 bits per heavy atom. The smallest absolute Gasteiger partial charge is 0.315 e. The Hall–Kier alpha value is -2.33. The second-order valence-electron chi connectivity index (χ2n) is 6.36. The first-order chi connectivity index (χ1) is 12.0. The zero-order valence-electron chi connectivity index (χ0n) is 14.5. The molecule has 2 unspecified atom stereocenters. The van der Waals surface area contributed by atoms with Crippen molar-refractivity contribution >= 4 is 11.7 Å². The number of piperidine rings is 1. The first-order valence-corrected chi connectivity index (χ1v) is 8.70. The van der Waals surface area contributed by atoms with Crippen molar-refractivity contribution in [1.29, 1.82) is 5.26 Å². The Morgan fingerprint density at radius 3 is 3.04 bits per heavy atom. The van der Waals surface area contributed by atoms with Crippen LogP contribution < -0.4 is 15.5 Å². The third-order valence-corrected chi connectivity index (χ3v) is 4.29. The second-order valence-corrected chi connectivity index (χ2v) is 6.36. The van der Waals surface area contributed by atoms with Crippen molar-refractivity contribution in [2.75, 3.05) is 24.5 Å². The summed E-state index contributed by atoms with van der Waals surface area (Å²) in [6, 6.07) is 5.95. The van der Waals surface area contributed by atoms with Crippen molar-refractivity contribution in [2.45, 2.75) is 44.8 Å². The van der Waals surface area contributed by atoms with Gasteiger partial charge in [0.2, 0.25) is 0 Å². The van der Waals surface area contributed by atoms with E-state index < -0.39 is 11.9 Å². The van der Waals surface area contributed by atoms with Gasteiger partial charge >= 0.3 is 6.03 Å². The number of amides is 2. The normalized spacial score (nSPS) is 18.3. The van der Waals surface area contributed by atoms with Crippen molar-refractivity contribution in [3.8, 4) is 6.07 Å². The molecule has 0 spiro atoms. The molecule has 1 aromatic rings. The van der Waals surface area contributed by atoms with Crippen molar-refractivity contribution in [3.05, 3.63) is 29.6 Å². The van der Waals surface area contributed by atoms with Crippen LogP contribution in [0.3, 0.4) is 0 Å². The summed E-state index contributed by atoms with van der Waals surface area (Å²) in [5.74, 6) is -0.424. The maximum absolute atomic E-state index is 14.2. The second kappa shape index (κ2) is 9.23. The van der Waals surface area contributed by atoms with Crippen LogP contribution in [0.2, 0.25) is 0 Å². The van der Waals surface area contributed by atoms with Gasteiger partial charge in [-0.3, -0.25) is 0 Å². The molecule has 2 amide bonds. The first kappa shape index (κ1) is 19.0. The Balaban J connectivity index is 1.88. The molecule has 1 aliphatic heterocycles. The lowest BCUT2D eigenvalue weighted by Crippen LogP contribution is -2.51. The van der Waals surface area contributed by atoms with Crippen LogP contribution in [-0.2, 0) is 0 Å². The predicted molar refractivity (Wildman–Crippen MR) is 93.8 cm³/mol. The van der Waals surface area contributed by atoms with Gasteiger partial charge in [-0.2, -0.15) is 5.26 Å². The number of hydrogen-bond acceptors (Lipinski definition) is 4. The van der Waals surface area contributed by atoms with E-state index in [1.54, 1.807) is 12.1 Å². The van der Waals surface area contributed by atoms with Gasteiger partial charge in [-0.25, -0.2) is 9.18 Å². The van der Waals surface area contributed by atoms with Crippen molar-refractivity contribution in [3.63, 3.8) is 0 Å². The van der Waals surface area contributed by atoms with E-state index in [4.69, 9.17) is 5.26 Å². The monoisotopic (exact) mass is 348 g/mol. The molecule has 136 valence electrons. The van der Waals surface area contributed by atoms with Crippen LogP contribution in [0, 0.1) is 17.1 Å². The van der Waals surface area contributed by atoms with E-state index in [2.05, 4.69) is 10.6 Å². The number of halogens is 1. The van der Waals surface area contributed by atoms with Crippen molar-refractivity contribution in [1.82, 2.24) is 10.6 Å². The summed E-state index contributed by atoms with van der Waals surface area (Å²) in [6.45, 7) is 3.41. The average molecular weight is 348 g/mol. The van der Waals surface area contributed by atoms with Gasteiger partial charge in [0.15, 0.2) is 0 Å². The quantitative estimate of drug-likeness (QED) is 0.735. The number of nitriles is 1. The summed E-state index contributed by atoms with van der Waals surface area (Å²) in [5.41, 5.74) is 0.738. The highest BCUT2D eigenvalue weighted by atomic mass is 19.1. The summed E-state index contributed by atoms with van der Waals surface area (Å²) in [6.07, 6.45) is 2.63. The third kappa shape index (κ3) is 5.61. The van der Waals surface area contributed by atoms with Gasteiger partial charge in [-0.05, 0) is 37.5 Å². The zero-order chi connectivity index (χ0) is 18.2. The van der Waals surface area contributed by atoms with Crippen LogP contribution in [0.15, 0.2) is 18.2 Å². The van der Waals surface area contributed by atoms with Crippen LogP contribution >= 0.6 is 0 Å². The number of rotatable bonds is 6. The lowest BCUT2D eigenvalue weighted by molar-refractivity contribution is 0.159. The Labute approximate surface area is 147 Å². The van der Waals surface area contributed by atoms with Gasteiger partial charge in [0.25, 0.3) is 0 Å². The van der Waals surface area contributed by atoms with Crippen LogP contribution in [0.4, 0.5) is 14.9 Å². The van der Waals surface area contributed by atoms with Crippen LogP contribution in [0.25, 0.3) is 0 Å². The molecule has 1 heterocycles. The molecule has 0 saturated carbocycles. The molecular weight excluding hydrogens is 323 g/mol. The van der Waals surface area contributed by atoms with Gasteiger partial charge in [0.1, 0.15) is 5.82 Å². The number of aliphatic hydroxyl groups excluding tert-OH is 1. The number of urea groups is 1. The number of benzene rings is 1. The molecule has 6 nitrogen and oxygen atoms in total. The number of hydrogen-bond donors (Lipinski definition) is 3. The minimum Gasteiger partial charge on any atom is -0.391 e. The zero-order valence-corrected chi connectivity index (χ0v) is 14.5. The topological polar surface area (TPSA) is 88.4 Å². The van der Waals surface area contributed by atoms with E-state index >= 15 is 0 Å². The number of nitrogens with zero attached hydrogens (tertiary/aromatic N) is 2. The molecule has 0 aliphatic carbocycles. The average Bonchev–Trinajstić information content (AvgIpc) is 2.60. The SMILES string of the molecule is CCCC(O)CNC(=O)NC1CCCN(c2ccc(C#N)cc2F)C1. The fourth-order valence-electron chi connectivity index (χ4n) is 3.03. The molecule has 7 heteroatoms. The molecule has 25 heavy (non-hydrogen) atoms. The van der Waals surface area contributed by atoms with E-state index in [1.807, 2.05) is 17.9 Å². The maximum atomic E-state index is 14.2. The van der Waals surface area contributed by atoms with Crippen LogP contribution in [-0.4, -0.2) is 42.9 Å². The van der Waals surface area contributed by atoms with E-state index in [9.17, 15) is 14.3 Å². The summed E-state index contributed by atoms with van der Waals surface area (Å²) in [7, 11) is 0. The standard InChI is InChI=1S/C18H25FN4O2/c1-2-4-15(24)11-21-18(25)22-14-5-3-8-23(12-14)17-7-6-13(10-20)9-16(17)19/h6-7,9,14-15,24H,2-5,8,11-12H2,1H3,(H2,21,22,25).